The quantitative estimate of drug-likeness (QED) is 0.201. The summed E-state index contributed by atoms with van der Waals surface area (Å²) in [5.74, 6) is 1.18. The summed E-state index contributed by atoms with van der Waals surface area (Å²) in [5.41, 5.74) is 1.89. The number of halogens is 1. The van der Waals surface area contributed by atoms with Gasteiger partial charge in [-0.1, -0.05) is 43.8 Å². The molecule has 10 heteroatoms. The highest BCUT2D eigenvalue weighted by Crippen LogP contribution is 2.36. The minimum atomic E-state index is -0.533. The van der Waals surface area contributed by atoms with Crippen molar-refractivity contribution >= 4 is 53.4 Å². The van der Waals surface area contributed by atoms with Gasteiger partial charge >= 0.3 is 6.03 Å². The fourth-order valence-corrected chi connectivity index (χ4v) is 3.62. The number of nitrogens with zero attached hydrogens (tertiary/aromatic N) is 1. The number of carbonyl (C=O) groups excluding carboxylic acids is 2. The van der Waals surface area contributed by atoms with E-state index in [0.717, 1.165) is 17.1 Å². The molecule has 190 valence electrons. The Balaban J connectivity index is 1.64. The van der Waals surface area contributed by atoms with Gasteiger partial charge in [-0.25, -0.2) is 9.10 Å². The highest BCUT2D eigenvalue weighted by Gasteiger charge is 2.17. The van der Waals surface area contributed by atoms with Crippen LogP contribution < -0.4 is 29.1 Å². The molecule has 2 N–H and O–H groups in total. The van der Waals surface area contributed by atoms with E-state index in [1.807, 2.05) is 6.07 Å². The van der Waals surface area contributed by atoms with Gasteiger partial charge < -0.3 is 24.8 Å². The number of rotatable bonds is 10. The van der Waals surface area contributed by atoms with Crippen LogP contribution >= 0.6 is 24.4 Å². The summed E-state index contributed by atoms with van der Waals surface area (Å²) in [6.07, 6.45) is 1.98. The number of ether oxygens (including phenoxy) is 3. The van der Waals surface area contributed by atoms with E-state index < -0.39 is 6.03 Å². The SMILES string of the molecule is CCCCOc1cccc(C(=O)Nc2ccc(N(S)C(=O)Nc3cc(Cl)c(OC)cc3OC)cc2)c1. The summed E-state index contributed by atoms with van der Waals surface area (Å²) in [4.78, 5) is 25.4. The van der Waals surface area contributed by atoms with Crippen LogP contribution in [0.15, 0.2) is 60.7 Å². The van der Waals surface area contributed by atoms with E-state index in [2.05, 4.69) is 30.4 Å². The first kappa shape index (κ1) is 27.0. The second kappa shape index (κ2) is 12.9. The lowest BCUT2D eigenvalue weighted by atomic mass is 10.2. The molecule has 0 atom stereocenters. The van der Waals surface area contributed by atoms with Crippen LogP contribution in [0, 0.1) is 0 Å². The molecule has 0 bridgehead atoms. The first-order valence-electron chi connectivity index (χ1n) is 11.2. The van der Waals surface area contributed by atoms with Gasteiger partial charge in [0.25, 0.3) is 5.91 Å². The van der Waals surface area contributed by atoms with Crippen LogP contribution in [-0.4, -0.2) is 32.8 Å². The van der Waals surface area contributed by atoms with E-state index in [9.17, 15) is 9.59 Å². The molecule has 0 unspecified atom stereocenters. The van der Waals surface area contributed by atoms with Crippen LogP contribution in [0.3, 0.4) is 0 Å². The first-order chi connectivity index (χ1) is 17.4. The van der Waals surface area contributed by atoms with E-state index in [4.69, 9.17) is 25.8 Å². The number of nitrogens with one attached hydrogen (secondary N) is 2. The Hall–Kier alpha value is -3.56. The number of unbranched alkanes of at least 4 members (excludes halogenated alkanes) is 1. The average molecular weight is 530 g/mol. The van der Waals surface area contributed by atoms with Crippen molar-refractivity contribution in [1.29, 1.82) is 0 Å². The number of thiol groups is 1. The number of benzene rings is 3. The number of urea groups is 1. The van der Waals surface area contributed by atoms with E-state index in [1.165, 1.54) is 20.3 Å². The maximum Gasteiger partial charge on any atom is 0.336 e. The van der Waals surface area contributed by atoms with E-state index >= 15 is 0 Å². The van der Waals surface area contributed by atoms with Gasteiger partial charge in [0.05, 0.1) is 37.2 Å². The van der Waals surface area contributed by atoms with Gasteiger partial charge in [0.1, 0.15) is 17.2 Å². The number of hydrogen-bond acceptors (Lipinski definition) is 6. The van der Waals surface area contributed by atoms with Crippen LogP contribution in [0.2, 0.25) is 5.02 Å². The van der Waals surface area contributed by atoms with Crippen molar-refractivity contribution in [2.24, 2.45) is 0 Å². The molecule has 3 aromatic carbocycles. The average Bonchev–Trinajstić information content (AvgIpc) is 2.89. The van der Waals surface area contributed by atoms with Gasteiger partial charge in [0.15, 0.2) is 0 Å². The van der Waals surface area contributed by atoms with Gasteiger partial charge in [-0.15, -0.1) is 0 Å². The van der Waals surface area contributed by atoms with E-state index in [1.54, 1.807) is 48.5 Å². The summed E-state index contributed by atoms with van der Waals surface area (Å²) in [6.45, 7) is 2.70. The van der Waals surface area contributed by atoms with Crippen molar-refractivity contribution in [3.05, 3.63) is 71.2 Å². The Morgan fingerprint density at radius 2 is 1.69 bits per heavy atom. The molecule has 3 aromatic rings. The zero-order chi connectivity index (χ0) is 26.1. The van der Waals surface area contributed by atoms with E-state index in [-0.39, 0.29) is 5.91 Å². The lowest BCUT2D eigenvalue weighted by Gasteiger charge is -2.19. The first-order valence-corrected chi connectivity index (χ1v) is 12.0. The Morgan fingerprint density at radius 1 is 0.972 bits per heavy atom. The predicted octanol–water partition coefficient (Wildman–Crippen LogP) is 6.67. The predicted molar refractivity (Wildman–Crippen MR) is 146 cm³/mol. The minimum absolute atomic E-state index is 0.271. The Morgan fingerprint density at radius 3 is 2.36 bits per heavy atom. The highest BCUT2D eigenvalue weighted by atomic mass is 35.5. The number of anilines is 3. The fourth-order valence-electron chi connectivity index (χ4n) is 3.19. The molecule has 0 aliphatic heterocycles. The second-order valence-corrected chi connectivity index (χ2v) is 8.47. The van der Waals surface area contributed by atoms with Crippen LogP contribution in [0.5, 0.6) is 17.2 Å². The Bertz CT molecular complexity index is 1210. The molecule has 0 spiro atoms. The van der Waals surface area contributed by atoms with Crippen molar-refractivity contribution in [2.75, 3.05) is 35.8 Å². The smallest absolute Gasteiger partial charge is 0.336 e. The van der Waals surface area contributed by atoms with Crippen molar-refractivity contribution in [2.45, 2.75) is 19.8 Å². The molecule has 0 heterocycles. The van der Waals surface area contributed by atoms with Crippen molar-refractivity contribution in [1.82, 2.24) is 0 Å². The van der Waals surface area contributed by atoms with Crippen molar-refractivity contribution < 1.29 is 23.8 Å². The van der Waals surface area contributed by atoms with Crippen molar-refractivity contribution in [3.63, 3.8) is 0 Å². The summed E-state index contributed by atoms with van der Waals surface area (Å²) in [6, 6.07) is 16.3. The third-order valence-electron chi connectivity index (χ3n) is 5.14. The largest absolute Gasteiger partial charge is 0.495 e. The van der Waals surface area contributed by atoms with Gasteiger partial charge in [-0.05, 0) is 55.0 Å². The maximum atomic E-state index is 12.7. The van der Waals surface area contributed by atoms with Crippen LogP contribution in [0.25, 0.3) is 0 Å². The zero-order valence-electron chi connectivity index (χ0n) is 20.2. The molecule has 0 radical (unpaired) electrons. The minimum Gasteiger partial charge on any atom is -0.495 e. The van der Waals surface area contributed by atoms with Gasteiger partial charge in [-0.2, -0.15) is 0 Å². The molecule has 36 heavy (non-hydrogen) atoms. The third kappa shape index (κ3) is 6.99. The second-order valence-electron chi connectivity index (χ2n) is 7.66. The molecule has 0 saturated carbocycles. The number of hydrogen-bond donors (Lipinski definition) is 3. The number of amides is 3. The topological polar surface area (TPSA) is 89.1 Å². The summed E-state index contributed by atoms with van der Waals surface area (Å²) in [5, 5.41) is 5.86. The summed E-state index contributed by atoms with van der Waals surface area (Å²) >= 11 is 10.5. The standard InChI is InChI=1S/C26H28ClN3O5S/c1-4-5-13-35-20-8-6-7-17(14-20)25(31)28-18-9-11-19(12-10-18)30(36)26(32)29-22-15-21(27)23(33-2)16-24(22)34-3/h6-12,14-16,36H,4-5,13H2,1-3H3,(H,28,31)(H,29,32). The van der Waals surface area contributed by atoms with E-state index in [0.29, 0.717) is 51.5 Å². The van der Waals surface area contributed by atoms with Gasteiger partial charge in [0, 0.05) is 17.3 Å². The monoisotopic (exact) mass is 529 g/mol. The molecule has 0 aromatic heterocycles. The molecule has 0 aliphatic carbocycles. The Kier molecular flexibility index (Phi) is 9.72. The Labute approximate surface area is 221 Å². The fraction of sp³-hybridized carbons (Fsp3) is 0.231. The lowest BCUT2D eigenvalue weighted by molar-refractivity contribution is 0.102. The van der Waals surface area contributed by atoms with Crippen LogP contribution in [0.1, 0.15) is 30.1 Å². The molecule has 3 amide bonds. The maximum absolute atomic E-state index is 12.7. The van der Waals surface area contributed by atoms with Crippen LogP contribution in [-0.2, 0) is 0 Å². The van der Waals surface area contributed by atoms with Gasteiger partial charge in [-0.3, -0.25) is 4.79 Å². The number of methoxy groups -OCH3 is 2. The van der Waals surface area contributed by atoms with Crippen LogP contribution in [0.4, 0.5) is 21.9 Å². The summed E-state index contributed by atoms with van der Waals surface area (Å²) < 4.78 is 17.3. The summed E-state index contributed by atoms with van der Waals surface area (Å²) in [7, 11) is 2.96. The molecule has 0 saturated heterocycles. The molecule has 8 nitrogen and oxygen atoms in total. The molecular weight excluding hydrogens is 502 g/mol. The normalized spacial score (nSPS) is 10.4. The molecule has 3 rings (SSSR count). The molecule has 0 fully saturated rings. The van der Waals surface area contributed by atoms with Gasteiger partial charge in [0.2, 0.25) is 0 Å². The highest BCUT2D eigenvalue weighted by molar-refractivity contribution is 7.82. The molecule has 0 aliphatic rings. The lowest BCUT2D eigenvalue weighted by Crippen LogP contribution is -2.27. The van der Waals surface area contributed by atoms with Crippen molar-refractivity contribution in [3.8, 4) is 17.2 Å². The zero-order valence-corrected chi connectivity index (χ0v) is 21.9. The number of carbonyl (C=O) groups is 2. The molecular formula is C26H28ClN3O5S. The third-order valence-corrected chi connectivity index (χ3v) is 5.85.